The van der Waals surface area contributed by atoms with Crippen LogP contribution in [0.1, 0.15) is 61.9 Å². The number of thioether (sulfide) groups is 1. The fourth-order valence-electron chi connectivity index (χ4n) is 4.39. The lowest BCUT2D eigenvalue weighted by Gasteiger charge is -2.34. The van der Waals surface area contributed by atoms with Gasteiger partial charge in [-0.1, -0.05) is 45.2 Å². The molecule has 1 heterocycles. The Bertz CT molecular complexity index is 799. The number of rotatable bonds is 8. The molecule has 3 unspecified atom stereocenters. The second kappa shape index (κ2) is 10.2. The first-order chi connectivity index (χ1) is 14.1. The van der Waals surface area contributed by atoms with Crippen LogP contribution in [0.25, 0.3) is 11.1 Å². The van der Waals surface area contributed by atoms with E-state index in [0.29, 0.717) is 22.5 Å². The average molecular weight is 417 g/mol. The van der Waals surface area contributed by atoms with E-state index in [0.717, 1.165) is 28.4 Å². The molecule has 5 heteroatoms. The van der Waals surface area contributed by atoms with E-state index in [4.69, 9.17) is 13.9 Å². The fraction of sp³-hybridized carbons (Fsp3) is 0.542. The highest BCUT2D eigenvalue weighted by atomic mass is 32.2. The smallest absolute Gasteiger partial charge is 0.341 e. The fourth-order valence-corrected chi connectivity index (χ4v) is 5.90. The Hall–Kier alpha value is -1.88. The Morgan fingerprint density at radius 1 is 1.24 bits per heavy atom. The minimum Gasteiger partial charge on any atom is -0.495 e. The van der Waals surface area contributed by atoms with Gasteiger partial charge in [0.15, 0.2) is 0 Å². The van der Waals surface area contributed by atoms with E-state index in [9.17, 15) is 4.79 Å². The number of carbonyl (C=O) groups excluding carboxylic acids is 1. The van der Waals surface area contributed by atoms with Gasteiger partial charge in [0.1, 0.15) is 11.3 Å². The highest BCUT2D eigenvalue weighted by molar-refractivity contribution is 7.99. The normalized spacial score (nSPS) is 21.7. The lowest BCUT2D eigenvalue weighted by atomic mass is 9.80. The summed E-state index contributed by atoms with van der Waals surface area (Å²) in [7, 11) is 3.02. The van der Waals surface area contributed by atoms with E-state index < -0.39 is 0 Å². The van der Waals surface area contributed by atoms with Gasteiger partial charge in [-0.3, -0.25) is 0 Å². The number of hydrogen-bond donors (Lipinski definition) is 0. The second-order valence-electron chi connectivity index (χ2n) is 7.98. The van der Waals surface area contributed by atoms with Gasteiger partial charge in [0.25, 0.3) is 0 Å². The van der Waals surface area contributed by atoms with E-state index in [-0.39, 0.29) is 5.97 Å². The number of furan rings is 1. The van der Waals surface area contributed by atoms with E-state index in [1.54, 1.807) is 19.6 Å². The molecule has 0 bridgehead atoms. The maximum Gasteiger partial charge on any atom is 0.341 e. The minimum absolute atomic E-state index is 0.358. The van der Waals surface area contributed by atoms with Crippen LogP contribution in [0.15, 0.2) is 35.1 Å². The summed E-state index contributed by atoms with van der Waals surface area (Å²) in [6, 6.07) is 5.91. The van der Waals surface area contributed by atoms with Gasteiger partial charge in [-0.2, -0.15) is 11.8 Å². The van der Waals surface area contributed by atoms with Gasteiger partial charge in [0, 0.05) is 22.1 Å². The van der Waals surface area contributed by atoms with Crippen LogP contribution in [-0.2, 0) is 10.5 Å². The molecule has 0 radical (unpaired) electrons. The topological polar surface area (TPSA) is 48.7 Å². The van der Waals surface area contributed by atoms with Crippen molar-refractivity contribution in [2.45, 2.75) is 57.0 Å². The Balaban J connectivity index is 1.85. The number of benzene rings is 1. The van der Waals surface area contributed by atoms with Gasteiger partial charge in [0.2, 0.25) is 0 Å². The molecule has 1 aliphatic rings. The number of esters is 1. The third kappa shape index (κ3) is 5.00. The van der Waals surface area contributed by atoms with Crippen molar-refractivity contribution in [1.82, 2.24) is 0 Å². The van der Waals surface area contributed by atoms with E-state index >= 15 is 0 Å². The van der Waals surface area contributed by atoms with Gasteiger partial charge < -0.3 is 13.9 Å². The molecule has 4 nitrogen and oxygen atoms in total. The quantitative estimate of drug-likeness (QED) is 0.455. The molecule has 3 rings (SSSR count). The molecule has 1 aliphatic carbocycles. The van der Waals surface area contributed by atoms with Crippen LogP contribution in [-0.4, -0.2) is 25.4 Å². The Morgan fingerprint density at radius 2 is 2.07 bits per heavy atom. The molecule has 0 saturated heterocycles. The van der Waals surface area contributed by atoms with Gasteiger partial charge in [-0.05, 0) is 36.3 Å². The second-order valence-corrected chi connectivity index (χ2v) is 9.21. The van der Waals surface area contributed by atoms with Crippen molar-refractivity contribution in [2.24, 2.45) is 11.8 Å². The minimum atomic E-state index is -0.358. The van der Waals surface area contributed by atoms with E-state index in [1.165, 1.54) is 39.2 Å². The molecule has 2 aromatic rings. The van der Waals surface area contributed by atoms with Crippen LogP contribution >= 0.6 is 11.8 Å². The zero-order valence-corrected chi connectivity index (χ0v) is 18.7. The third-order valence-corrected chi connectivity index (χ3v) is 7.61. The monoisotopic (exact) mass is 416 g/mol. The summed E-state index contributed by atoms with van der Waals surface area (Å²) in [5.41, 5.74) is 3.21. The highest BCUT2D eigenvalue weighted by Crippen LogP contribution is 2.42. The predicted molar refractivity (Wildman–Crippen MR) is 119 cm³/mol. The Labute approximate surface area is 178 Å². The number of carbonyl (C=O) groups is 1. The Kier molecular flexibility index (Phi) is 7.70. The molecule has 1 saturated carbocycles. The van der Waals surface area contributed by atoms with Crippen LogP contribution in [0.3, 0.4) is 0 Å². The molecule has 158 valence electrons. The first-order valence-electron chi connectivity index (χ1n) is 10.5. The summed E-state index contributed by atoms with van der Waals surface area (Å²) in [6.07, 6.45) is 9.79. The van der Waals surface area contributed by atoms with Crippen molar-refractivity contribution in [3.05, 3.63) is 41.9 Å². The largest absolute Gasteiger partial charge is 0.495 e. The molecule has 1 aromatic carbocycles. The molecule has 0 spiro atoms. The molecule has 0 amide bonds. The molecule has 1 aromatic heterocycles. The lowest BCUT2D eigenvalue weighted by molar-refractivity contribution is 0.0596. The third-order valence-electron chi connectivity index (χ3n) is 6.05. The standard InChI is InChI=1S/C24H32O4S/c1-5-6-17-8-7-16(2)21(13-17)29-15-19-9-10-20(18-11-12-28-14-18)23(26-3)22(19)24(25)27-4/h9-12,14,16-17,21H,5-8,13,15H2,1-4H3. The zero-order chi connectivity index (χ0) is 20.8. The van der Waals surface area contributed by atoms with Crippen LogP contribution in [0.5, 0.6) is 5.75 Å². The molecule has 3 atom stereocenters. The summed E-state index contributed by atoms with van der Waals surface area (Å²) in [5, 5.41) is 0.630. The van der Waals surface area contributed by atoms with Crippen LogP contribution < -0.4 is 4.74 Å². The Morgan fingerprint density at radius 3 is 2.72 bits per heavy atom. The van der Waals surface area contributed by atoms with Gasteiger partial charge >= 0.3 is 5.97 Å². The summed E-state index contributed by atoms with van der Waals surface area (Å²) in [6.45, 7) is 4.64. The summed E-state index contributed by atoms with van der Waals surface area (Å²) in [4.78, 5) is 12.7. The van der Waals surface area contributed by atoms with Crippen LogP contribution in [0.4, 0.5) is 0 Å². The van der Waals surface area contributed by atoms with Gasteiger partial charge in [0.05, 0.1) is 26.7 Å². The number of methoxy groups -OCH3 is 2. The maximum atomic E-state index is 12.7. The molecule has 1 fully saturated rings. The lowest BCUT2D eigenvalue weighted by Crippen LogP contribution is -2.25. The number of hydrogen-bond acceptors (Lipinski definition) is 5. The van der Waals surface area contributed by atoms with Crippen molar-refractivity contribution in [1.29, 1.82) is 0 Å². The SMILES string of the molecule is CCCC1CCC(C)C(SCc2ccc(-c3ccoc3)c(OC)c2C(=O)OC)C1. The molecular formula is C24H32O4S. The highest BCUT2D eigenvalue weighted by Gasteiger charge is 2.29. The molecule has 29 heavy (non-hydrogen) atoms. The maximum absolute atomic E-state index is 12.7. The molecule has 0 aliphatic heterocycles. The van der Waals surface area contributed by atoms with E-state index in [2.05, 4.69) is 13.8 Å². The van der Waals surface area contributed by atoms with Crippen molar-refractivity contribution < 1.29 is 18.7 Å². The van der Waals surface area contributed by atoms with Crippen LogP contribution in [0.2, 0.25) is 0 Å². The summed E-state index contributed by atoms with van der Waals surface area (Å²) in [5.74, 6) is 2.52. The van der Waals surface area contributed by atoms with Crippen molar-refractivity contribution >= 4 is 17.7 Å². The van der Waals surface area contributed by atoms with Crippen molar-refractivity contribution in [3.63, 3.8) is 0 Å². The number of ether oxygens (including phenoxy) is 2. The van der Waals surface area contributed by atoms with E-state index in [1.807, 2.05) is 30.0 Å². The average Bonchev–Trinajstić information content (AvgIpc) is 3.27. The predicted octanol–water partition coefficient (Wildman–Crippen LogP) is 6.58. The van der Waals surface area contributed by atoms with Gasteiger partial charge in [-0.25, -0.2) is 4.79 Å². The van der Waals surface area contributed by atoms with Crippen LogP contribution in [0, 0.1) is 11.8 Å². The molecule has 0 N–H and O–H groups in total. The zero-order valence-electron chi connectivity index (χ0n) is 17.9. The summed E-state index contributed by atoms with van der Waals surface area (Å²) >= 11 is 1.97. The first kappa shape index (κ1) is 21.8. The first-order valence-corrected chi connectivity index (χ1v) is 11.6. The van der Waals surface area contributed by atoms with Crippen molar-refractivity contribution in [2.75, 3.05) is 14.2 Å². The van der Waals surface area contributed by atoms with Crippen molar-refractivity contribution in [3.8, 4) is 16.9 Å². The molecular weight excluding hydrogens is 384 g/mol. The van der Waals surface area contributed by atoms with Gasteiger partial charge in [-0.15, -0.1) is 0 Å². The summed E-state index contributed by atoms with van der Waals surface area (Å²) < 4.78 is 16.0.